The Bertz CT molecular complexity index is 289. The number of carbonyl (C=O) groups is 1. The summed E-state index contributed by atoms with van der Waals surface area (Å²) in [6.07, 6.45) is -0.893. The summed E-state index contributed by atoms with van der Waals surface area (Å²) in [7, 11) is 0. The minimum Gasteiger partial charge on any atom is -0.478 e. The number of rotatable bonds is 3. The topological polar surface area (TPSA) is 66.8 Å². The standard InChI is InChI=1S/C9H10O4/c1-6(10)13-8-4-2-7(3-5-8)9(11)12/h2-6,10H,1H3,(H,11,12). The minimum atomic E-state index is -0.983. The Morgan fingerprint density at radius 2 is 1.92 bits per heavy atom. The molecule has 0 aromatic heterocycles. The van der Waals surface area contributed by atoms with Crippen molar-refractivity contribution in [3.8, 4) is 5.75 Å². The zero-order valence-electron chi connectivity index (χ0n) is 7.10. The first-order chi connectivity index (χ1) is 6.09. The van der Waals surface area contributed by atoms with Crippen molar-refractivity contribution in [1.29, 1.82) is 0 Å². The molecule has 70 valence electrons. The second-order valence-electron chi connectivity index (χ2n) is 2.55. The van der Waals surface area contributed by atoms with Gasteiger partial charge in [0, 0.05) is 0 Å². The van der Waals surface area contributed by atoms with E-state index in [0.29, 0.717) is 5.75 Å². The summed E-state index contributed by atoms with van der Waals surface area (Å²) in [4.78, 5) is 10.4. The van der Waals surface area contributed by atoms with Crippen molar-refractivity contribution < 1.29 is 19.7 Å². The number of benzene rings is 1. The van der Waals surface area contributed by atoms with Crippen molar-refractivity contribution in [3.05, 3.63) is 29.8 Å². The minimum absolute atomic E-state index is 0.193. The van der Waals surface area contributed by atoms with Gasteiger partial charge in [-0.1, -0.05) is 0 Å². The van der Waals surface area contributed by atoms with Gasteiger partial charge >= 0.3 is 5.97 Å². The van der Waals surface area contributed by atoms with Crippen molar-refractivity contribution in [2.75, 3.05) is 0 Å². The Morgan fingerprint density at radius 1 is 1.38 bits per heavy atom. The summed E-state index contributed by atoms with van der Waals surface area (Å²) in [6.45, 7) is 1.48. The fraction of sp³-hybridized carbons (Fsp3) is 0.222. The van der Waals surface area contributed by atoms with Gasteiger partial charge in [0.1, 0.15) is 5.75 Å². The molecular formula is C9H10O4. The number of ether oxygens (including phenoxy) is 1. The van der Waals surface area contributed by atoms with Crippen LogP contribution >= 0.6 is 0 Å². The predicted octanol–water partition coefficient (Wildman–Crippen LogP) is 1.10. The van der Waals surface area contributed by atoms with E-state index < -0.39 is 12.3 Å². The van der Waals surface area contributed by atoms with Crippen LogP contribution in [0.1, 0.15) is 17.3 Å². The second kappa shape index (κ2) is 3.91. The fourth-order valence-corrected chi connectivity index (χ4v) is 0.873. The van der Waals surface area contributed by atoms with Gasteiger partial charge < -0.3 is 14.9 Å². The van der Waals surface area contributed by atoms with Crippen LogP contribution in [0.15, 0.2) is 24.3 Å². The maximum Gasteiger partial charge on any atom is 0.335 e. The summed E-state index contributed by atoms with van der Waals surface area (Å²) < 4.78 is 4.91. The number of hydrogen-bond acceptors (Lipinski definition) is 3. The molecule has 1 aromatic carbocycles. The average molecular weight is 182 g/mol. The second-order valence-corrected chi connectivity index (χ2v) is 2.55. The monoisotopic (exact) mass is 182 g/mol. The first-order valence-electron chi connectivity index (χ1n) is 3.77. The zero-order valence-corrected chi connectivity index (χ0v) is 7.10. The van der Waals surface area contributed by atoms with E-state index in [9.17, 15) is 4.79 Å². The van der Waals surface area contributed by atoms with Crippen molar-refractivity contribution in [2.45, 2.75) is 13.2 Å². The van der Waals surface area contributed by atoms with Crippen molar-refractivity contribution in [1.82, 2.24) is 0 Å². The molecule has 1 unspecified atom stereocenters. The predicted molar refractivity (Wildman–Crippen MR) is 45.7 cm³/mol. The molecule has 4 heteroatoms. The highest BCUT2D eigenvalue weighted by atomic mass is 16.6. The van der Waals surface area contributed by atoms with Crippen LogP contribution in [0.25, 0.3) is 0 Å². The Morgan fingerprint density at radius 3 is 2.31 bits per heavy atom. The smallest absolute Gasteiger partial charge is 0.335 e. The Hall–Kier alpha value is -1.55. The average Bonchev–Trinajstić information content (AvgIpc) is 2.04. The molecule has 0 amide bonds. The van der Waals surface area contributed by atoms with Gasteiger partial charge in [-0.25, -0.2) is 4.79 Å². The highest BCUT2D eigenvalue weighted by molar-refractivity contribution is 5.87. The first-order valence-corrected chi connectivity index (χ1v) is 3.77. The van der Waals surface area contributed by atoms with Gasteiger partial charge in [-0.2, -0.15) is 0 Å². The number of aliphatic hydroxyl groups excluding tert-OH is 1. The quantitative estimate of drug-likeness (QED) is 0.687. The number of carboxylic acid groups (broad SMARTS) is 1. The molecule has 2 N–H and O–H groups in total. The van der Waals surface area contributed by atoms with Crippen LogP contribution in [0.2, 0.25) is 0 Å². The van der Waals surface area contributed by atoms with Gasteiger partial charge in [-0.05, 0) is 31.2 Å². The molecule has 0 fully saturated rings. The van der Waals surface area contributed by atoms with Gasteiger partial charge in [-0.3, -0.25) is 0 Å². The highest BCUT2D eigenvalue weighted by Crippen LogP contribution is 2.12. The third-order valence-electron chi connectivity index (χ3n) is 1.41. The Balaban J connectivity index is 2.75. The Kier molecular flexibility index (Phi) is 2.87. The molecule has 0 saturated heterocycles. The maximum absolute atomic E-state index is 10.4. The number of aliphatic hydroxyl groups is 1. The van der Waals surface area contributed by atoms with Crippen molar-refractivity contribution >= 4 is 5.97 Å². The summed E-state index contributed by atoms with van der Waals surface area (Å²) in [5.74, 6) is -0.538. The fourth-order valence-electron chi connectivity index (χ4n) is 0.873. The number of carboxylic acids is 1. The van der Waals surface area contributed by atoms with Crippen molar-refractivity contribution in [3.63, 3.8) is 0 Å². The molecule has 0 bridgehead atoms. The lowest BCUT2D eigenvalue weighted by Gasteiger charge is -2.07. The lowest BCUT2D eigenvalue weighted by Crippen LogP contribution is -2.09. The molecular weight excluding hydrogens is 172 g/mol. The molecule has 0 saturated carbocycles. The molecule has 0 aliphatic carbocycles. The Labute approximate surface area is 75.4 Å². The first kappa shape index (κ1) is 9.54. The van der Waals surface area contributed by atoms with Gasteiger partial charge in [-0.15, -0.1) is 0 Å². The van der Waals surface area contributed by atoms with E-state index in [1.165, 1.54) is 31.2 Å². The molecule has 0 radical (unpaired) electrons. The molecule has 1 rings (SSSR count). The van der Waals surface area contributed by atoms with Gasteiger partial charge in [0.05, 0.1) is 5.56 Å². The van der Waals surface area contributed by atoms with Crippen LogP contribution in [-0.4, -0.2) is 22.5 Å². The number of hydrogen-bond donors (Lipinski definition) is 2. The molecule has 0 aliphatic rings. The summed E-state index contributed by atoms with van der Waals surface area (Å²) >= 11 is 0. The SMILES string of the molecule is CC(O)Oc1ccc(C(=O)O)cc1. The van der Waals surface area contributed by atoms with Crippen LogP contribution in [0.3, 0.4) is 0 Å². The molecule has 1 aromatic rings. The van der Waals surface area contributed by atoms with Crippen LogP contribution < -0.4 is 4.74 Å². The van der Waals surface area contributed by atoms with Crippen LogP contribution in [0.5, 0.6) is 5.75 Å². The van der Waals surface area contributed by atoms with E-state index in [1.54, 1.807) is 0 Å². The molecule has 4 nitrogen and oxygen atoms in total. The van der Waals surface area contributed by atoms with Crippen LogP contribution in [0, 0.1) is 0 Å². The van der Waals surface area contributed by atoms with E-state index in [0.717, 1.165) is 0 Å². The van der Waals surface area contributed by atoms with E-state index in [-0.39, 0.29) is 5.56 Å². The van der Waals surface area contributed by atoms with Crippen LogP contribution in [-0.2, 0) is 0 Å². The number of aromatic carboxylic acids is 1. The van der Waals surface area contributed by atoms with E-state index in [4.69, 9.17) is 14.9 Å². The summed E-state index contributed by atoms with van der Waals surface area (Å²) in [5, 5.41) is 17.4. The third-order valence-corrected chi connectivity index (χ3v) is 1.41. The third kappa shape index (κ3) is 2.76. The molecule has 0 heterocycles. The summed E-state index contributed by atoms with van der Waals surface area (Å²) in [6, 6.07) is 5.83. The van der Waals surface area contributed by atoms with E-state index in [1.807, 2.05) is 0 Å². The van der Waals surface area contributed by atoms with Crippen molar-refractivity contribution in [2.24, 2.45) is 0 Å². The lowest BCUT2D eigenvalue weighted by atomic mass is 10.2. The van der Waals surface area contributed by atoms with Gasteiger partial charge in [0.25, 0.3) is 0 Å². The molecule has 0 spiro atoms. The molecule has 0 aliphatic heterocycles. The van der Waals surface area contributed by atoms with Gasteiger partial charge in [0.15, 0.2) is 6.29 Å². The van der Waals surface area contributed by atoms with E-state index in [2.05, 4.69) is 0 Å². The summed E-state index contributed by atoms with van der Waals surface area (Å²) in [5.41, 5.74) is 0.193. The largest absolute Gasteiger partial charge is 0.478 e. The normalized spacial score (nSPS) is 12.2. The van der Waals surface area contributed by atoms with E-state index >= 15 is 0 Å². The molecule has 13 heavy (non-hydrogen) atoms. The van der Waals surface area contributed by atoms with Gasteiger partial charge in [0.2, 0.25) is 0 Å². The zero-order chi connectivity index (χ0) is 9.84. The van der Waals surface area contributed by atoms with Crippen LogP contribution in [0.4, 0.5) is 0 Å². The highest BCUT2D eigenvalue weighted by Gasteiger charge is 2.02. The molecule has 1 atom stereocenters. The lowest BCUT2D eigenvalue weighted by molar-refractivity contribution is -0.000291. The maximum atomic E-state index is 10.4.